The molecule has 0 radical (unpaired) electrons. The summed E-state index contributed by atoms with van der Waals surface area (Å²) < 4.78 is 0. The zero-order valence-corrected chi connectivity index (χ0v) is 13.2. The highest BCUT2D eigenvalue weighted by Gasteiger charge is 2.29. The Labute approximate surface area is 127 Å². The molecule has 5 heteroatoms. The Morgan fingerprint density at radius 3 is 2.48 bits per heavy atom. The van der Waals surface area contributed by atoms with Crippen molar-refractivity contribution in [3.63, 3.8) is 0 Å². The molecule has 2 amide bonds. The van der Waals surface area contributed by atoms with E-state index in [2.05, 4.69) is 19.2 Å². The lowest BCUT2D eigenvalue weighted by Gasteiger charge is -2.36. The van der Waals surface area contributed by atoms with Gasteiger partial charge in [-0.2, -0.15) is 0 Å². The van der Waals surface area contributed by atoms with Crippen molar-refractivity contribution in [2.45, 2.75) is 58.4 Å². The molecule has 2 N–H and O–H groups in total. The minimum Gasteiger partial charge on any atom is -0.481 e. The van der Waals surface area contributed by atoms with Gasteiger partial charge in [0.2, 0.25) is 0 Å². The minimum atomic E-state index is -0.766. The van der Waals surface area contributed by atoms with E-state index in [0.717, 1.165) is 32.2 Å². The fourth-order valence-electron chi connectivity index (χ4n) is 3.99. The van der Waals surface area contributed by atoms with Crippen molar-refractivity contribution < 1.29 is 14.7 Å². The summed E-state index contributed by atoms with van der Waals surface area (Å²) in [6.45, 7) is 5.83. The van der Waals surface area contributed by atoms with Crippen LogP contribution in [0.1, 0.15) is 52.4 Å². The predicted molar refractivity (Wildman–Crippen MR) is 81.0 cm³/mol. The molecule has 0 aromatic carbocycles. The molecule has 3 unspecified atom stereocenters. The maximum Gasteiger partial charge on any atom is 0.317 e. The van der Waals surface area contributed by atoms with E-state index < -0.39 is 5.97 Å². The molecule has 1 saturated carbocycles. The fourth-order valence-corrected chi connectivity index (χ4v) is 3.99. The summed E-state index contributed by atoms with van der Waals surface area (Å²) in [5, 5.41) is 12.1. The van der Waals surface area contributed by atoms with Crippen LogP contribution in [-0.2, 0) is 4.79 Å². The van der Waals surface area contributed by atoms with Crippen LogP contribution in [-0.4, -0.2) is 41.1 Å². The van der Waals surface area contributed by atoms with Crippen molar-refractivity contribution in [1.29, 1.82) is 0 Å². The van der Waals surface area contributed by atoms with E-state index in [-0.39, 0.29) is 24.4 Å². The molecule has 1 saturated heterocycles. The quantitative estimate of drug-likeness (QED) is 0.841. The lowest BCUT2D eigenvalue weighted by molar-refractivity contribution is -0.138. The predicted octanol–water partition coefficient (Wildman–Crippen LogP) is 2.71. The average Bonchev–Trinajstić information content (AvgIpc) is 2.36. The summed E-state index contributed by atoms with van der Waals surface area (Å²) >= 11 is 0. The first kappa shape index (κ1) is 16.1. The van der Waals surface area contributed by atoms with Crippen LogP contribution in [0, 0.1) is 17.8 Å². The van der Waals surface area contributed by atoms with Gasteiger partial charge in [0.15, 0.2) is 0 Å². The van der Waals surface area contributed by atoms with E-state index in [0.29, 0.717) is 18.4 Å². The number of aliphatic carboxylic acids is 1. The SMILES string of the molecule is CC1CC(C)CC(NC(=O)N2CCCC(CC(=O)O)C2)C1. The smallest absolute Gasteiger partial charge is 0.317 e. The number of likely N-dealkylation sites (tertiary alicyclic amines) is 1. The minimum absolute atomic E-state index is 0.00334. The van der Waals surface area contributed by atoms with Gasteiger partial charge in [-0.1, -0.05) is 13.8 Å². The summed E-state index contributed by atoms with van der Waals surface area (Å²) in [5.41, 5.74) is 0. The van der Waals surface area contributed by atoms with E-state index in [1.54, 1.807) is 4.90 Å². The monoisotopic (exact) mass is 296 g/mol. The molecule has 0 bridgehead atoms. The highest BCUT2D eigenvalue weighted by atomic mass is 16.4. The van der Waals surface area contributed by atoms with E-state index >= 15 is 0 Å². The van der Waals surface area contributed by atoms with Gasteiger partial charge in [0.05, 0.1) is 0 Å². The van der Waals surface area contributed by atoms with E-state index in [1.165, 1.54) is 6.42 Å². The van der Waals surface area contributed by atoms with Crippen LogP contribution in [0.2, 0.25) is 0 Å². The molecular formula is C16H28N2O3. The van der Waals surface area contributed by atoms with Crippen LogP contribution < -0.4 is 5.32 Å². The van der Waals surface area contributed by atoms with Crippen molar-refractivity contribution in [3.05, 3.63) is 0 Å². The third-order valence-corrected chi connectivity index (χ3v) is 4.78. The van der Waals surface area contributed by atoms with Crippen LogP contribution in [0.15, 0.2) is 0 Å². The second kappa shape index (κ2) is 7.14. The number of hydrogen-bond acceptors (Lipinski definition) is 2. The van der Waals surface area contributed by atoms with Gasteiger partial charge in [0, 0.05) is 25.6 Å². The zero-order chi connectivity index (χ0) is 15.4. The summed E-state index contributed by atoms with van der Waals surface area (Å²) in [5.74, 6) is 0.670. The molecule has 1 aliphatic heterocycles. The third kappa shape index (κ3) is 4.90. The molecule has 21 heavy (non-hydrogen) atoms. The summed E-state index contributed by atoms with van der Waals surface area (Å²) in [7, 11) is 0. The standard InChI is InChI=1S/C16H28N2O3/c1-11-6-12(2)8-14(7-11)17-16(21)18-5-3-4-13(10-18)9-15(19)20/h11-14H,3-10H2,1-2H3,(H,17,21)(H,19,20). The first-order valence-electron chi connectivity index (χ1n) is 8.21. The third-order valence-electron chi connectivity index (χ3n) is 4.78. The average molecular weight is 296 g/mol. The highest BCUT2D eigenvalue weighted by Crippen LogP contribution is 2.29. The number of rotatable bonds is 3. The number of carboxylic acid groups (broad SMARTS) is 1. The van der Waals surface area contributed by atoms with Crippen molar-refractivity contribution in [3.8, 4) is 0 Å². The maximum absolute atomic E-state index is 12.4. The first-order valence-corrected chi connectivity index (χ1v) is 8.21. The molecule has 1 heterocycles. The van der Waals surface area contributed by atoms with Crippen molar-refractivity contribution in [2.75, 3.05) is 13.1 Å². The Kier molecular flexibility index (Phi) is 5.48. The summed E-state index contributed by atoms with van der Waals surface area (Å²) in [4.78, 5) is 25.0. The van der Waals surface area contributed by atoms with Crippen molar-refractivity contribution >= 4 is 12.0 Å². The molecule has 1 aliphatic carbocycles. The number of nitrogens with zero attached hydrogens (tertiary/aromatic N) is 1. The lowest BCUT2D eigenvalue weighted by atomic mass is 9.80. The van der Waals surface area contributed by atoms with E-state index in [4.69, 9.17) is 5.11 Å². The summed E-state index contributed by atoms with van der Waals surface area (Å²) in [6, 6.07) is 0.271. The summed E-state index contributed by atoms with van der Waals surface area (Å²) in [6.07, 6.45) is 5.35. The van der Waals surface area contributed by atoms with Crippen molar-refractivity contribution in [1.82, 2.24) is 10.2 Å². The van der Waals surface area contributed by atoms with Gasteiger partial charge >= 0.3 is 12.0 Å². The van der Waals surface area contributed by atoms with Crippen LogP contribution in [0.4, 0.5) is 4.79 Å². The largest absolute Gasteiger partial charge is 0.481 e. The molecule has 2 fully saturated rings. The topological polar surface area (TPSA) is 69.6 Å². The number of piperidine rings is 1. The normalized spacial score (nSPS) is 33.5. The lowest BCUT2D eigenvalue weighted by Crippen LogP contribution is -2.50. The van der Waals surface area contributed by atoms with Gasteiger partial charge in [-0.05, 0) is 49.9 Å². The Balaban J connectivity index is 1.83. The second-order valence-corrected chi connectivity index (χ2v) is 7.12. The maximum atomic E-state index is 12.4. The van der Waals surface area contributed by atoms with Crippen LogP contribution in [0.5, 0.6) is 0 Å². The molecule has 2 rings (SSSR count). The van der Waals surface area contributed by atoms with Gasteiger partial charge in [0.25, 0.3) is 0 Å². The van der Waals surface area contributed by atoms with Gasteiger partial charge < -0.3 is 15.3 Å². The van der Waals surface area contributed by atoms with Gasteiger partial charge in [0.1, 0.15) is 0 Å². The van der Waals surface area contributed by atoms with Crippen molar-refractivity contribution in [2.24, 2.45) is 17.8 Å². The number of hydrogen-bond donors (Lipinski definition) is 2. The first-order chi connectivity index (χ1) is 9.94. The highest BCUT2D eigenvalue weighted by molar-refractivity contribution is 5.75. The van der Waals surface area contributed by atoms with E-state index in [9.17, 15) is 9.59 Å². The van der Waals surface area contributed by atoms with E-state index in [1.807, 2.05) is 0 Å². The number of carbonyl (C=O) groups excluding carboxylic acids is 1. The molecule has 0 aromatic heterocycles. The van der Waals surface area contributed by atoms with Gasteiger partial charge in [-0.15, -0.1) is 0 Å². The number of carboxylic acids is 1. The molecule has 120 valence electrons. The van der Waals surface area contributed by atoms with Gasteiger partial charge in [-0.3, -0.25) is 4.79 Å². The number of nitrogens with one attached hydrogen (secondary N) is 1. The number of carbonyl (C=O) groups is 2. The number of urea groups is 1. The second-order valence-electron chi connectivity index (χ2n) is 7.12. The van der Waals surface area contributed by atoms with Crippen LogP contribution in [0.3, 0.4) is 0 Å². The molecular weight excluding hydrogens is 268 g/mol. The fraction of sp³-hybridized carbons (Fsp3) is 0.875. The Morgan fingerprint density at radius 1 is 1.19 bits per heavy atom. The Bertz CT molecular complexity index is 376. The Hall–Kier alpha value is -1.26. The zero-order valence-electron chi connectivity index (χ0n) is 13.2. The van der Waals surface area contributed by atoms with Gasteiger partial charge in [-0.25, -0.2) is 4.79 Å². The molecule has 3 atom stereocenters. The molecule has 0 aromatic rings. The number of amides is 2. The Morgan fingerprint density at radius 2 is 1.86 bits per heavy atom. The molecule has 0 spiro atoms. The van der Waals surface area contributed by atoms with Crippen LogP contribution in [0.25, 0.3) is 0 Å². The molecule has 5 nitrogen and oxygen atoms in total. The molecule has 2 aliphatic rings. The van der Waals surface area contributed by atoms with Crippen LogP contribution >= 0.6 is 0 Å².